The number of hydrogen-bond donors (Lipinski definition) is 2. The number of hydrazine groups is 1. The summed E-state index contributed by atoms with van der Waals surface area (Å²) in [6.07, 6.45) is 1.97. The smallest absolute Gasteiger partial charge is 0.273 e. The number of carbonyl (C=O) groups excluding carboxylic acids is 2. The van der Waals surface area contributed by atoms with E-state index in [9.17, 15) is 9.59 Å². The zero-order valence-corrected chi connectivity index (χ0v) is 9.84. The number of rotatable bonds is 3. The van der Waals surface area contributed by atoms with Gasteiger partial charge < -0.3 is 0 Å². The minimum absolute atomic E-state index is 0.311. The van der Waals surface area contributed by atoms with Crippen LogP contribution in [0.1, 0.15) is 26.2 Å². The minimum Gasteiger partial charge on any atom is -0.273 e. The molecule has 0 aliphatic heterocycles. The van der Waals surface area contributed by atoms with E-state index in [1.807, 2.05) is 12.3 Å². The molecule has 7 heteroatoms. The largest absolute Gasteiger partial charge is 0.290 e. The summed E-state index contributed by atoms with van der Waals surface area (Å²) >= 11 is 15.7. The number of alkyl halides is 3. The number of halogens is 3. The average Bonchev–Trinajstić information content (AvgIpc) is 2.09. The molecule has 82 valence electrons. The third-order valence-corrected chi connectivity index (χ3v) is 1.85. The zero-order chi connectivity index (χ0) is 11.2. The van der Waals surface area contributed by atoms with Crippen LogP contribution in [0.5, 0.6) is 0 Å². The molecule has 0 aliphatic carbocycles. The predicted molar refractivity (Wildman–Crippen MR) is 56.1 cm³/mol. The van der Waals surface area contributed by atoms with Gasteiger partial charge in [-0.2, -0.15) is 0 Å². The molecule has 0 bridgehead atoms. The van der Waals surface area contributed by atoms with Gasteiger partial charge in [-0.1, -0.05) is 48.1 Å². The standard InChI is InChI=1S/C7H11Cl3N2O2/c1-2-3-4-5(13)11-12-6(14)7(8,9)10/h2-4H2,1H3,(H,11,13)(H,12,14). The van der Waals surface area contributed by atoms with Crippen molar-refractivity contribution in [2.24, 2.45) is 0 Å². The molecular weight excluding hydrogens is 250 g/mol. The maximum atomic E-state index is 11.0. The van der Waals surface area contributed by atoms with Crippen molar-refractivity contribution in [2.75, 3.05) is 0 Å². The highest BCUT2D eigenvalue weighted by molar-refractivity contribution is 6.76. The average molecular weight is 262 g/mol. The molecular formula is C7H11Cl3N2O2. The fraction of sp³-hybridized carbons (Fsp3) is 0.714. The Morgan fingerprint density at radius 1 is 1.21 bits per heavy atom. The van der Waals surface area contributed by atoms with Crippen LogP contribution in [0.2, 0.25) is 0 Å². The Labute approximate surface area is 97.2 Å². The van der Waals surface area contributed by atoms with E-state index in [0.717, 1.165) is 12.8 Å². The first-order valence-electron chi connectivity index (χ1n) is 4.04. The molecule has 0 atom stereocenters. The van der Waals surface area contributed by atoms with Gasteiger partial charge in [-0.15, -0.1) is 0 Å². The van der Waals surface area contributed by atoms with Gasteiger partial charge in [-0.05, 0) is 6.42 Å². The molecule has 0 fully saturated rings. The van der Waals surface area contributed by atoms with E-state index in [-0.39, 0.29) is 5.91 Å². The van der Waals surface area contributed by atoms with Crippen LogP contribution in [0.15, 0.2) is 0 Å². The topological polar surface area (TPSA) is 58.2 Å². The molecule has 14 heavy (non-hydrogen) atoms. The molecule has 0 saturated carbocycles. The van der Waals surface area contributed by atoms with Crippen LogP contribution in [-0.4, -0.2) is 15.6 Å². The third kappa shape index (κ3) is 6.29. The fourth-order valence-electron chi connectivity index (χ4n) is 0.597. The zero-order valence-electron chi connectivity index (χ0n) is 7.57. The minimum atomic E-state index is -2.06. The monoisotopic (exact) mass is 260 g/mol. The molecule has 0 aliphatic rings. The molecule has 2 amide bonds. The van der Waals surface area contributed by atoms with Gasteiger partial charge in [-0.3, -0.25) is 20.4 Å². The van der Waals surface area contributed by atoms with Crippen molar-refractivity contribution in [2.45, 2.75) is 30.0 Å². The molecule has 0 aromatic heterocycles. The quantitative estimate of drug-likeness (QED) is 0.600. The molecule has 0 heterocycles. The highest BCUT2D eigenvalue weighted by Gasteiger charge is 2.30. The molecule has 2 N–H and O–H groups in total. The van der Waals surface area contributed by atoms with Crippen LogP contribution in [0.3, 0.4) is 0 Å². The van der Waals surface area contributed by atoms with Crippen molar-refractivity contribution in [3.63, 3.8) is 0 Å². The van der Waals surface area contributed by atoms with Crippen molar-refractivity contribution in [3.8, 4) is 0 Å². The Bertz CT molecular complexity index is 215. The molecule has 0 aromatic rings. The molecule has 0 radical (unpaired) electrons. The lowest BCUT2D eigenvalue weighted by molar-refractivity contribution is -0.128. The van der Waals surface area contributed by atoms with E-state index in [2.05, 4.69) is 5.43 Å². The molecule has 0 aromatic carbocycles. The van der Waals surface area contributed by atoms with Crippen molar-refractivity contribution in [1.82, 2.24) is 10.9 Å². The van der Waals surface area contributed by atoms with Crippen LogP contribution in [0, 0.1) is 0 Å². The lowest BCUT2D eigenvalue weighted by atomic mass is 10.2. The Morgan fingerprint density at radius 3 is 2.21 bits per heavy atom. The highest BCUT2D eigenvalue weighted by Crippen LogP contribution is 2.25. The van der Waals surface area contributed by atoms with Crippen LogP contribution >= 0.6 is 34.8 Å². The molecule has 0 unspecified atom stereocenters. The van der Waals surface area contributed by atoms with E-state index in [1.165, 1.54) is 0 Å². The maximum absolute atomic E-state index is 11.0. The summed E-state index contributed by atoms with van der Waals surface area (Å²) in [6.45, 7) is 1.95. The van der Waals surface area contributed by atoms with Crippen molar-refractivity contribution >= 4 is 46.6 Å². The Balaban J connectivity index is 3.73. The second-order valence-corrected chi connectivity index (χ2v) is 4.88. The van der Waals surface area contributed by atoms with Gasteiger partial charge in [0.25, 0.3) is 9.70 Å². The van der Waals surface area contributed by atoms with Crippen molar-refractivity contribution in [1.29, 1.82) is 0 Å². The van der Waals surface area contributed by atoms with E-state index in [4.69, 9.17) is 34.8 Å². The van der Waals surface area contributed by atoms with E-state index < -0.39 is 9.70 Å². The summed E-state index contributed by atoms with van der Waals surface area (Å²) in [7, 11) is 0. The van der Waals surface area contributed by atoms with Gasteiger partial charge in [-0.25, -0.2) is 0 Å². The third-order valence-electron chi connectivity index (χ3n) is 1.33. The summed E-state index contributed by atoms with van der Waals surface area (Å²) in [4.78, 5) is 21.9. The first kappa shape index (κ1) is 13.8. The summed E-state index contributed by atoms with van der Waals surface area (Å²) < 4.78 is -2.06. The Kier molecular flexibility index (Phi) is 6.24. The number of unbranched alkanes of at least 4 members (excludes halogenated alkanes) is 1. The predicted octanol–water partition coefficient (Wildman–Crippen LogP) is 1.69. The summed E-state index contributed by atoms with van der Waals surface area (Å²) in [5.74, 6) is -1.19. The summed E-state index contributed by atoms with van der Waals surface area (Å²) in [6, 6.07) is 0. The first-order valence-corrected chi connectivity index (χ1v) is 5.17. The number of hydrogen-bond acceptors (Lipinski definition) is 2. The fourth-order valence-corrected chi connectivity index (χ4v) is 0.739. The van der Waals surface area contributed by atoms with Gasteiger partial charge in [0.15, 0.2) is 0 Å². The Hall–Kier alpha value is -0.190. The summed E-state index contributed by atoms with van der Waals surface area (Å²) in [5, 5.41) is 0. The first-order chi connectivity index (χ1) is 6.38. The Morgan fingerprint density at radius 2 is 1.79 bits per heavy atom. The number of nitrogens with one attached hydrogen (secondary N) is 2. The van der Waals surface area contributed by atoms with Crippen LogP contribution in [0.4, 0.5) is 0 Å². The molecule has 4 nitrogen and oxygen atoms in total. The van der Waals surface area contributed by atoms with Crippen LogP contribution in [0.25, 0.3) is 0 Å². The van der Waals surface area contributed by atoms with Crippen molar-refractivity contribution < 1.29 is 9.59 Å². The lowest BCUT2D eigenvalue weighted by Gasteiger charge is -2.11. The normalized spacial score (nSPS) is 10.9. The lowest BCUT2D eigenvalue weighted by Crippen LogP contribution is -2.46. The van der Waals surface area contributed by atoms with E-state index >= 15 is 0 Å². The maximum Gasteiger partial charge on any atom is 0.290 e. The van der Waals surface area contributed by atoms with E-state index in [0.29, 0.717) is 6.42 Å². The van der Waals surface area contributed by atoms with Gasteiger partial charge in [0.05, 0.1) is 0 Å². The van der Waals surface area contributed by atoms with Crippen LogP contribution < -0.4 is 10.9 Å². The van der Waals surface area contributed by atoms with Gasteiger partial charge in [0, 0.05) is 6.42 Å². The molecule has 0 rings (SSSR count). The van der Waals surface area contributed by atoms with Gasteiger partial charge in [0.2, 0.25) is 5.91 Å². The van der Waals surface area contributed by atoms with Gasteiger partial charge >= 0.3 is 0 Å². The van der Waals surface area contributed by atoms with E-state index in [1.54, 1.807) is 0 Å². The van der Waals surface area contributed by atoms with Gasteiger partial charge in [0.1, 0.15) is 0 Å². The summed E-state index contributed by atoms with van der Waals surface area (Å²) in [5.41, 5.74) is 4.13. The van der Waals surface area contributed by atoms with Crippen LogP contribution in [-0.2, 0) is 9.59 Å². The van der Waals surface area contributed by atoms with Crippen molar-refractivity contribution in [3.05, 3.63) is 0 Å². The second kappa shape index (κ2) is 6.32. The SMILES string of the molecule is CCCCC(=O)NNC(=O)C(Cl)(Cl)Cl. The number of carbonyl (C=O) groups is 2. The molecule has 0 saturated heterocycles. The second-order valence-electron chi connectivity index (χ2n) is 2.60. The highest BCUT2D eigenvalue weighted by atomic mass is 35.6. The number of amides is 2. The molecule has 0 spiro atoms.